The molecule has 3 aromatic rings. The summed E-state index contributed by atoms with van der Waals surface area (Å²) in [7, 11) is -3.76. The van der Waals surface area contributed by atoms with Crippen molar-refractivity contribution in [3.63, 3.8) is 0 Å². The molecule has 1 saturated carbocycles. The van der Waals surface area contributed by atoms with Gasteiger partial charge in [0.05, 0.1) is 11.8 Å². The molecule has 5 rings (SSSR count). The number of fused-ring (bicyclic) bond motifs is 1. The molecule has 210 valence electrons. The number of likely N-dealkylation sites (tertiary alicyclic amines) is 1. The number of rotatable bonds is 9. The molecule has 0 spiro atoms. The number of carbonyl (C=O) groups is 4. The fraction of sp³-hybridized carbons (Fsp3) is 0.357. The number of sulfonamides is 1. The Hall–Kier alpha value is -4.06. The summed E-state index contributed by atoms with van der Waals surface area (Å²) in [4.78, 5) is 52.4. The maximum Gasteiger partial charge on any atom is 0.264 e. The van der Waals surface area contributed by atoms with Crippen LogP contribution in [0.4, 0.5) is 4.39 Å². The van der Waals surface area contributed by atoms with E-state index in [2.05, 4.69) is 10.0 Å². The summed E-state index contributed by atoms with van der Waals surface area (Å²) in [6.07, 6.45) is 1.02. The molecule has 0 radical (unpaired) electrons. The maximum absolute atomic E-state index is 14.4. The fourth-order valence-electron chi connectivity index (χ4n) is 4.95. The normalized spacial score (nSPS) is 19.0. The van der Waals surface area contributed by atoms with E-state index in [-0.39, 0.29) is 43.0 Å². The van der Waals surface area contributed by atoms with Crippen LogP contribution in [-0.2, 0) is 32.7 Å². The zero-order valence-corrected chi connectivity index (χ0v) is 22.6. The van der Waals surface area contributed by atoms with Crippen LogP contribution < -0.4 is 10.0 Å². The molecule has 12 heteroatoms. The van der Waals surface area contributed by atoms with Crippen molar-refractivity contribution < 1.29 is 32.0 Å². The highest BCUT2D eigenvalue weighted by atomic mass is 32.2. The number of aromatic nitrogens is 1. The minimum atomic E-state index is -3.76. The van der Waals surface area contributed by atoms with Crippen LogP contribution in [0.5, 0.6) is 0 Å². The van der Waals surface area contributed by atoms with Crippen LogP contribution >= 0.6 is 0 Å². The number of hydrogen-bond acceptors (Lipinski definition) is 6. The molecule has 2 atom stereocenters. The third kappa shape index (κ3) is 5.76. The lowest BCUT2D eigenvalue weighted by Gasteiger charge is -2.24. The summed E-state index contributed by atoms with van der Waals surface area (Å²) in [6.45, 7) is 1.10. The smallest absolute Gasteiger partial charge is 0.264 e. The topological polar surface area (TPSA) is 135 Å². The number of halogens is 1. The maximum atomic E-state index is 14.4. The van der Waals surface area contributed by atoms with Gasteiger partial charge in [0, 0.05) is 41.2 Å². The van der Waals surface area contributed by atoms with E-state index >= 15 is 0 Å². The zero-order valence-electron chi connectivity index (χ0n) is 21.8. The standard InChI is InChI=1S/C28H29FN4O6S/c1-17(34)23-15-32(24-10-7-19(11-22(23)24)27(36)31-40(38,39)21-8-9-21)16-26(35)33-14-20(29)12-25(33)28(37)30-13-18-5-3-2-4-6-18/h2-7,10-11,15,20-21,25H,8-9,12-14,16H2,1H3,(H,30,37)(H,31,36)/t20-,25+/m1/s1. The Morgan fingerprint density at radius 3 is 2.45 bits per heavy atom. The molecule has 2 fully saturated rings. The predicted molar refractivity (Wildman–Crippen MR) is 145 cm³/mol. The van der Waals surface area contributed by atoms with Crippen molar-refractivity contribution in [2.24, 2.45) is 0 Å². The largest absolute Gasteiger partial charge is 0.350 e. The van der Waals surface area contributed by atoms with E-state index in [0.29, 0.717) is 23.7 Å². The first-order chi connectivity index (χ1) is 19.0. The summed E-state index contributed by atoms with van der Waals surface area (Å²) >= 11 is 0. The number of amides is 3. The van der Waals surface area contributed by atoms with Crippen molar-refractivity contribution in [1.29, 1.82) is 0 Å². The summed E-state index contributed by atoms with van der Waals surface area (Å²) in [6, 6.07) is 12.6. The molecular weight excluding hydrogens is 539 g/mol. The van der Waals surface area contributed by atoms with Gasteiger partial charge in [-0.1, -0.05) is 30.3 Å². The van der Waals surface area contributed by atoms with E-state index in [1.807, 2.05) is 30.3 Å². The zero-order chi connectivity index (χ0) is 28.6. The van der Waals surface area contributed by atoms with Crippen molar-refractivity contribution in [2.45, 2.75) is 56.7 Å². The van der Waals surface area contributed by atoms with Crippen molar-refractivity contribution in [3.8, 4) is 0 Å². The number of alkyl halides is 1. The Bertz CT molecular complexity index is 1600. The highest BCUT2D eigenvalue weighted by molar-refractivity contribution is 7.91. The lowest BCUT2D eigenvalue weighted by Crippen LogP contribution is -2.46. The average molecular weight is 569 g/mol. The monoisotopic (exact) mass is 568 g/mol. The van der Waals surface area contributed by atoms with Gasteiger partial charge in [0.2, 0.25) is 21.8 Å². The summed E-state index contributed by atoms with van der Waals surface area (Å²) in [5.74, 6) is -2.06. The van der Waals surface area contributed by atoms with Gasteiger partial charge in [0.1, 0.15) is 18.8 Å². The SMILES string of the molecule is CC(=O)c1cn(CC(=O)N2C[C@H](F)C[C@H]2C(=O)NCc2ccccc2)c2ccc(C(=O)NS(=O)(=O)C3CC3)cc12. The molecule has 0 unspecified atom stereocenters. The van der Waals surface area contributed by atoms with Gasteiger partial charge >= 0.3 is 0 Å². The Labute approximate surface area is 230 Å². The van der Waals surface area contributed by atoms with Crippen LogP contribution in [0.15, 0.2) is 54.7 Å². The van der Waals surface area contributed by atoms with E-state index in [1.54, 1.807) is 0 Å². The molecular formula is C28H29FN4O6S. The van der Waals surface area contributed by atoms with Crippen molar-refractivity contribution >= 4 is 44.4 Å². The lowest BCUT2D eigenvalue weighted by molar-refractivity contribution is -0.139. The van der Waals surface area contributed by atoms with Crippen LogP contribution in [0.25, 0.3) is 10.9 Å². The van der Waals surface area contributed by atoms with Gasteiger partial charge in [0.15, 0.2) is 5.78 Å². The van der Waals surface area contributed by atoms with Crippen LogP contribution in [0.1, 0.15) is 52.5 Å². The van der Waals surface area contributed by atoms with Gasteiger partial charge in [-0.05, 0) is 43.5 Å². The molecule has 2 N–H and O–H groups in total. The second kappa shape index (κ2) is 10.8. The molecule has 1 aliphatic carbocycles. The molecule has 3 amide bonds. The highest BCUT2D eigenvalue weighted by Crippen LogP contribution is 2.29. The third-order valence-corrected chi connectivity index (χ3v) is 9.03. The molecule has 1 aliphatic heterocycles. The number of ketones is 1. The van der Waals surface area contributed by atoms with Gasteiger partial charge in [0.25, 0.3) is 5.91 Å². The number of nitrogens with zero attached hydrogens (tertiary/aromatic N) is 2. The minimum absolute atomic E-state index is 0.0540. The molecule has 10 nitrogen and oxygen atoms in total. The van der Waals surface area contributed by atoms with Gasteiger partial charge in [-0.3, -0.25) is 19.2 Å². The second-order valence-corrected chi connectivity index (χ2v) is 12.2. The molecule has 1 saturated heterocycles. The van der Waals surface area contributed by atoms with Crippen LogP contribution in [0.3, 0.4) is 0 Å². The number of carbonyl (C=O) groups excluding carboxylic acids is 4. The first kappa shape index (κ1) is 27.5. The second-order valence-electron chi connectivity index (χ2n) is 10.2. The summed E-state index contributed by atoms with van der Waals surface area (Å²) in [5.41, 5.74) is 1.63. The van der Waals surface area contributed by atoms with Crippen LogP contribution in [0, 0.1) is 0 Å². The molecule has 0 bridgehead atoms. The van der Waals surface area contributed by atoms with Crippen LogP contribution in [-0.4, -0.2) is 65.4 Å². The highest BCUT2D eigenvalue weighted by Gasteiger charge is 2.40. The van der Waals surface area contributed by atoms with E-state index in [9.17, 15) is 32.0 Å². The first-order valence-electron chi connectivity index (χ1n) is 13.0. The van der Waals surface area contributed by atoms with Gasteiger partial charge in [-0.25, -0.2) is 17.5 Å². The molecule has 40 heavy (non-hydrogen) atoms. The number of benzene rings is 2. The van der Waals surface area contributed by atoms with Crippen LogP contribution in [0.2, 0.25) is 0 Å². The Morgan fingerprint density at radius 1 is 1.05 bits per heavy atom. The number of hydrogen-bond donors (Lipinski definition) is 2. The minimum Gasteiger partial charge on any atom is -0.350 e. The Kier molecular flexibility index (Phi) is 7.45. The predicted octanol–water partition coefficient (Wildman–Crippen LogP) is 2.32. The van der Waals surface area contributed by atoms with Gasteiger partial charge in [-0.15, -0.1) is 0 Å². The molecule has 1 aromatic heterocycles. The Balaban J connectivity index is 1.34. The fourth-order valence-corrected chi connectivity index (χ4v) is 6.25. The Morgan fingerprint density at radius 2 is 1.77 bits per heavy atom. The summed E-state index contributed by atoms with van der Waals surface area (Å²) < 4.78 is 42.4. The summed E-state index contributed by atoms with van der Waals surface area (Å²) in [5, 5.41) is 2.57. The third-order valence-electron chi connectivity index (χ3n) is 7.21. The average Bonchev–Trinajstić information content (AvgIpc) is 3.63. The first-order valence-corrected chi connectivity index (χ1v) is 14.5. The van der Waals surface area contributed by atoms with E-state index < -0.39 is 45.2 Å². The number of nitrogens with one attached hydrogen (secondary N) is 2. The van der Waals surface area contributed by atoms with Gasteiger partial charge < -0.3 is 14.8 Å². The molecule has 2 heterocycles. The van der Waals surface area contributed by atoms with Crippen molar-refractivity contribution in [2.75, 3.05) is 6.54 Å². The van der Waals surface area contributed by atoms with E-state index in [4.69, 9.17) is 0 Å². The van der Waals surface area contributed by atoms with E-state index in [1.165, 1.54) is 40.8 Å². The van der Waals surface area contributed by atoms with Gasteiger partial charge in [-0.2, -0.15) is 0 Å². The van der Waals surface area contributed by atoms with Crippen molar-refractivity contribution in [1.82, 2.24) is 19.5 Å². The molecule has 2 aromatic carbocycles. The molecule has 2 aliphatic rings. The van der Waals surface area contributed by atoms with E-state index in [0.717, 1.165) is 5.56 Å². The van der Waals surface area contributed by atoms with Crippen molar-refractivity contribution in [3.05, 3.63) is 71.4 Å². The quantitative estimate of drug-likeness (QED) is 0.381. The lowest BCUT2D eigenvalue weighted by atomic mass is 10.1. The number of Topliss-reactive ketones (excluding diaryl/α,β-unsaturated/α-hetero) is 1.